The van der Waals surface area contributed by atoms with Crippen LogP contribution in [0.5, 0.6) is 0 Å². The fourth-order valence-corrected chi connectivity index (χ4v) is 4.24. The molecular weight excluding hydrogens is 350 g/mol. The molecule has 0 radical (unpaired) electrons. The topological polar surface area (TPSA) is 63.9 Å². The number of likely N-dealkylation sites (tertiary alicyclic amines) is 1. The number of hydrogen-bond acceptors (Lipinski definition) is 5. The first-order valence-electron chi connectivity index (χ1n) is 10.1. The number of piperidine rings is 1. The van der Waals surface area contributed by atoms with Gasteiger partial charge in [0.25, 0.3) is 0 Å². The molecule has 1 aliphatic heterocycles. The minimum Gasteiger partial charge on any atom is -0.298 e. The molecule has 0 atom stereocenters. The Hall–Kier alpha value is -2.60. The summed E-state index contributed by atoms with van der Waals surface area (Å²) < 4.78 is 1.79. The van der Waals surface area contributed by atoms with E-state index in [1.807, 2.05) is 37.8 Å². The molecule has 2 aliphatic rings. The number of ketones is 1. The highest BCUT2D eigenvalue weighted by molar-refractivity contribution is 5.85. The second-order valence-corrected chi connectivity index (χ2v) is 8.45. The number of fused-ring (bicyclic) bond motifs is 1. The van der Waals surface area contributed by atoms with Gasteiger partial charge in [0, 0.05) is 30.4 Å². The van der Waals surface area contributed by atoms with E-state index in [4.69, 9.17) is 0 Å². The van der Waals surface area contributed by atoms with Gasteiger partial charge in [0.15, 0.2) is 5.78 Å². The van der Waals surface area contributed by atoms with Gasteiger partial charge in [0.05, 0.1) is 24.7 Å². The van der Waals surface area contributed by atoms with Gasteiger partial charge < -0.3 is 0 Å². The first-order chi connectivity index (χ1) is 13.6. The molecule has 0 amide bonds. The van der Waals surface area contributed by atoms with Crippen LogP contribution in [0, 0.1) is 5.41 Å². The molecule has 28 heavy (non-hydrogen) atoms. The number of aromatic nitrogens is 4. The maximum atomic E-state index is 12.6. The van der Waals surface area contributed by atoms with Gasteiger partial charge in [-0.15, -0.1) is 0 Å². The highest BCUT2D eigenvalue weighted by Crippen LogP contribution is 2.53. The average molecular weight is 375 g/mol. The van der Waals surface area contributed by atoms with Crippen LogP contribution in [-0.4, -0.2) is 50.1 Å². The highest BCUT2D eigenvalue weighted by Gasteiger charge is 2.44. The molecule has 6 nitrogen and oxygen atoms in total. The molecule has 1 saturated heterocycles. The molecule has 1 aromatic carbocycles. The Morgan fingerprint density at radius 3 is 2.64 bits per heavy atom. The van der Waals surface area contributed by atoms with Crippen LogP contribution in [0.4, 0.5) is 0 Å². The Bertz CT molecular complexity index is 1030. The lowest BCUT2D eigenvalue weighted by atomic mass is 9.93. The van der Waals surface area contributed by atoms with Crippen molar-refractivity contribution in [1.82, 2.24) is 24.6 Å². The number of Topliss-reactive ketones (excluding diaryl/α,β-unsaturated/α-hetero) is 1. The second kappa shape index (κ2) is 6.78. The lowest BCUT2D eigenvalue weighted by Gasteiger charge is -2.31. The molecule has 3 heterocycles. The molecule has 0 unspecified atom stereocenters. The van der Waals surface area contributed by atoms with E-state index in [0.717, 1.165) is 35.1 Å². The van der Waals surface area contributed by atoms with E-state index in [0.29, 0.717) is 24.2 Å². The predicted octanol–water partition coefficient (Wildman–Crippen LogP) is 3.02. The Kier molecular flexibility index (Phi) is 4.23. The van der Waals surface area contributed by atoms with Gasteiger partial charge in [0.1, 0.15) is 5.82 Å². The van der Waals surface area contributed by atoms with E-state index in [1.165, 1.54) is 25.7 Å². The molecular formula is C22H25N5O. The summed E-state index contributed by atoms with van der Waals surface area (Å²) in [7, 11) is 1.91. The van der Waals surface area contributed by atoms with Crippen molar-refractivity contribution in [3.8, 4) is 11.1 Å². The normalized spacial score (nSPS) is 18.6. The zero-order valence-corrected chi connectivity index (χ0v) is 16.3. The number of aryl methyl sites for hydroxylation is 1. The van der Waals surface area contributed by atoms with Crippen molar-refractivity contribution in [2.75, 3.05) is 19.6 Å². The van der Waals surface area contributed by atoms with Gasteiger partial charge in [-0.2, -0.15) is 5.10 Å². The van der Waals surface area contributed by atoms with E-state index in [9.17, 15) is 4.79 Å². The van der Waals surface area contributed by atoms with Crippen LogP contribution in [0.25, 0.3) is 22.0 Å². The van der Waals surface area contributed by atoms with E-state index < -0.39 is 0 Å². The van der Waals surface area contributed by atoms with E-state index in [-0.39, 0.29) is 5.78 Å². The third kappa shape index (κ3) is 3.56. The van der Waals surface area contributed by atoms with Crippen molar-refractivity contribution in [3.05, 3.63) is 42.6 Å². The fraction of sp³-hybridized carbons (Fsp3) is 0.455. The SMILES string of the molecule is Cn1cc(-c2ccc3cnc(CC(=O)CN4CCC5(CC4)CC5)nc3c2)cn1. The molecule has 2 aromatic heterocycles. The van der Waals surface area contributed by atoms with E-state index in [1.54, 1.807) is 4.68 Å². The summed E-state index contributed by atoms with van der Waals surface area (Å²) in [6.45, 7) is 2.63. The Morgan fingerprint density at radius 2 is 1.93 bits per heavy atom. The van der Waals surface area contributed by atoms with E-state index >= 15 is 0 Å². The van der Waals surface area contributed by atoms with E-state index in [2.05, 4.69) is 26.0 Å². The van der Waals surface area contributed by atoms with Crippen LogP contribution in [0.1, 0.15) is 31.5 Å². The predicted molar refractivity (Wildman–Crippen MR) is 108 cm³/mol. The summed E-state index contributed by atoms with van der Waals surface area (Å²) in [5.74, 6) is 0.811. The summed E-state index contributed by atoms with van der Waals surface area (Å²) in [6, 6.07) is 6.11. The molecule has 5 rings (SSSR count). The average Bonchev–Trinajstić information content (AvgIpc) is 3.31. The van der Waals surface area contributed by atoms with Crippen LogP contribution >= 0.6 is 0 Å². The van der Waals surface area contributed by atoms with Gasteiger partial charge in [0.2, 0.25) is 0 Å². The summed E-state index contributed by atoms with van der Waals surface area (Å²) in [6.07, 6.45) is 11.2. The Balaban J connectivity index is 1.28. The molecule has 2 fully saturated rings. The minimum absolute atomic E-state index is 0.203. The maximum absolute atomic E-state index is 12.6. The zero-order chi connectivity index (χ0) is 19.1. The number of nitrogens with zero attached hydrogens (tertiary/aromatic N) is 5. The van der Waals surface area contributed by atoms with Crippen LogP contribution in [0.3, 0.4) is 0 Å². The Labute approximate surface area is 164 Å². The number of hydrogen-bond donors (Lipinski definition) is 0. The summed E-state index contributed by atoms with van der Waals surface area (Å²) in [5, 5.41) is 5.21. The van der Waals surface area contributed by atoms with Gasteiger partial charge in [-0.25, -0.2) is 9.97 Å². The van der Waals surface area contributed by atoms with Crippen molar-refractivity contribution in [2.45, 2.75) is 32.1 Å². The van der Waals surface area contributed by atoms with Crippen molar-refractivity contribution >= 4 is 16.7 Å². The summed E-state index contributed by atoms with van der Waals surface area (Å²) in [5.41, 5.74) is 3.64. The largest absolute Gasteiger partial charge is 0.298 e. The number of rotatable bonds is 5. The monoisotopic (exact) mass is 375 g/mol. The van der Waals surface area contributed by atoms with Crippen LogP contribution in [0.15, 0.2) is 36.8 Å². The van der Waals surface area contributed by atoms with Gasteiger partial charge in [-0.05, 0) is 55.8 Å². The minimum atomic E-state index is 0.203. The van der Waals surface area contributed by atoms with Crippen LogP contribution in [-0.2, 0) is 18.3 Å². The lowest BCUT2D eigenvalue weighted by molar-refractivity contribution is -0.120. The number of carbonyl (C=O) groups is 1. The van der Waals surface area contributed by atoms with Crippen molar-refractivity contribution in [1.29, 1.82) is 0 Å². The molecule has 0 N–H and O–H groups in total. The molecule has 1 aliphatic carbocycles. The zero-order valence-electron chi connectivity index (χ0n) is 16.3. The second-order valence-electron chi connectivity index (χ2n) is 8.45. The maximum Gasteiger partial charge on any atom is 0.154 e. The van der Waals surface area contributed by atoms with Gasteiger partial charge in [-0.3, -0.25) is 14.4 Å². The van der Waals surface area contributed by atoms with Crippen molar-refractivity contribution < 1.29 is 4.79 Å². The standard InChI is InChI=1S/C22H25N5O/c1-26-14-18(13-24-26)16-2-3-17-12-23-21(25-20(17)10-16)11-19(28)15-27-8-6-22(4-5-22)7-9-27/h2-3,10,12-14H,4-9,11,15H2,1H3. The molecule has 0 bridgehead atoms. The van der Waals surface area contributed by atoms with Crippen molar-refractivity contribution in [2.24, 2.45) is 12.5 Å². The van der Waals surface area contributed by atoms with Gasteiger partial charge in [-0.1, -0.05) is 12.1 Å². The summed E-state index contributed by atoms with van der Waals surface area (Å²) in [4.78, 5) is 23.9. The third-order valence-corrected chi connectivity index (χ3v) is 6.30. The first kappa shape index (κ1) is 17.5. The third-order valence-electron chi connectivity index (χ3n) is 6.30. The molecule has 6 heteroatoms. The van der Waals surface area contributed by atoms with Crippen molar-refractivity contribution in [3.63, 3.8) is 0 Å². The van der Waals surface area contributed by atoms with Crippen LogP contribution in [0.2, 0.25) is 0 Å². The van der Waals surface area contributed by atoms with Crippen LogP contribution < -0.4 is 0 Å². The fourth-order valence-electron chi connectivity index (χ4n) is 4.24. The number of benzene rings is 1. The molecule has 1 spiro atoms. The van der Waals surface area contributed by atoms with Gasteiger partial charge >= 0.3 is 0 Å². The highest BCUT2D eigenvalue weighted by atomic mass is 16.1. The smallest absolute Gasteiger partial charge is 0.154 e. The molecule has 144 valence electrons. The Morgan fingerprint density at radius 1 is 1.11 bits per heavy atom. The first-order valence-corrected chi connectivity index (χ1v) is 10.1. The molecule has 1 saturated carbocycles. The number of carbonyl (C=O) groups excluding carboxylic acids is 1. The quantitative estimate of drug-likeness (QED) is 0.686. The summed E-state index contributed by atoms with van der Waals surface area (Å²) >= 11 is 0. The molecule has 3 aromatic rings. The lowest BCUT2D eigenvalue weighted by Crippen LogP contribution is -2.38.